The van der Waals surface area contributed by atoms with Crippen molar-refractivity contribution in [2.45, 2.75) is 20.0 Å². The van der Waals surface area contributed by atoms with E-state index in [0.717, 1.165) is 0 Å². The van der Waals surface area contributed by atoms with Crippen LogP contribution in [0.15, 0.2) is 36.0 Å². The molecule has 1 aliphatic heterocycles. The van der Waals surface area contributed by atoms with Gasteiger partial charge in [-0.25, -0.2) is 0 Å². The summed E-state index contributed by atoms with van der Waals surface area (Å²) >= 11 is 0. The van der Waals surface area contributed by atoms with Crippen LogP contribution in [0.5, 0.6) is 5.75 Å². The molecule has 0 saturated carbocycles. The fraction of sp³-hybridized carbons (Fsp3) is 0.429. The van der Waals surface area contributed by atoms with Gasteiger partial charge >= 0.3 is 0 Å². The molecule has 1 aromatic heterocycles. The van der Waals surface area contributed by atoms with Crippen LogP contribution in [0.1, 0.15) is 13.8 Å². The molecule has 6 nitrogen and oxygen atoms in total. The number of ether oxygens (including phenoxy) is 3. The van der Waals surface area contributed by atoms with E-state index in [9.17, 15) is 4.79 Å². The molecule has 0 saturated heterocycles. The van der Waals surface area contributed by atoms with Crippen LogP contribution in [-0.4, -0.2) is 36.8 Å². The fourth-order valence-electron chi connectivity index (χ4n) is 1.74. The van der Waals surface area contributed by atoms with Crippen LogP contribution in [0.4, 0.5) is 0 Å². The molecule has 6 heteroatoms. The third-order valence-corrected chi connectivity index (χ3v) is 2.70. The van der Waals surface area contributed by atoms with E-state index in [1.165, 1.54) is 0 Å². The minimum absolute atomic E-state index is 0.173. The summed E-state index contributed by atoms with van der Waals surface area (Å²) in [5.74, 6) is 1.13. The van der Waals surface area contributed by atoms with E-state index in [4.69, 9.17) is 14.2 Å². The molecule has 1 unspecified atom stereocenters. The van der Waals surface area contributed by atoms with E-state index in [-0.39, 0.29) is 17.8 Å². The molecular weight excluding hydrogens is 260 g/mol. The van der Waals surface area contributed by atoms with Crippen molar-refractivity contribution < 1.29 is 19.0 Å². The SMILES string of the molecule is CC1=C(C(=O)NCC(C)Oc2cccnc2)OCCO1. The van der Waals surface area contributed by atoms with Crippen molar-refractivity contribution in [1.29, 1.82) is 0 Å². The number of hydrogen-bond acceptors (Lipinski definition) is 5. The smallest absolute Gasteiger partial charge is 0.290 e. The molecule has 108 valence electrons. The number of allylic oxidation sites excluding steroid dienone is 1. The van der Waals surface area contributed by atoms with E-state index < -0.39 is 0 Å². The Kier molecular flexibility index (Phi) is 4.81. The minimum Gasteiger partial charge on any atom is -0.491 e. The molecule has 1 aliphatic rings. The number of aromatic nitrogens is 1. The Balaban J connectivity index is 1.81. The number of rotatable bonds is 5. The summed E-state index contributed by atoms with van der Waals surface area (Å²) in [5, 5.41) is 2.76. The van der Waals surface area contributed by atoms with Crippen molar-refractivity contribution in [2.24, 2.45) is 0 Å². The molecule has 0 radical (unpaired) electrons. The third-order valence-electron chi connectivity index (χ3n) is 2.70. The number of nitrogens with one attached hydrogen (secondary N) is 1. The zero-order valence-electron chi connectivity index (χ0n) is 11.6. The van der Waals surface area contributed by atoms with Gasteiger partial charge in [0.05, 0.1) is 12.7 Å². The summed E-state index contributed by atoms with van der Waals surface area (Å²) in [5.41, 5.74) is 0. The fourth-order valence-corrected chi connectivity index (χ4v) is 1.74. The molecule has 0 aromatic carbocycles. The normalized spacial score (nSPS) is 15.9. The van der Waals surface area contributed by atoms with Crippen LogP contribution in [-0.2, 0) is 14.3 Å². The molecule has 1 amide bonds. The monoisotopic (exact) mass is 278 g/mol. The van der Waals surface area contributed by atoms with Gasteiger partial charge in [-0.1, -0.05) is 0 Å². The van der Waals surface area contributed by atoms with Crippen molar-refractivity contribution in [3.05, 3.63) is 36.0 Å². The molecule has 0 aliphatic carbocycles. The van der Waals surface area contributed by atoms with Crippen molar-refractivity contribution in [3.63, 3.8) is 0 Å². The van der Waals surface area contributed by atoms with Crippen molar-refractivity contribution in [2.75, 3.05) is 19.8 Å². The number of nitrogens with zero attached hydrogens (tertiary/aromatic N) is 1. The maximum Gasteiger partial charge on any atom is 0.290 e. The van der Waals surface area contributed by atoms with Crippen LogP contribution in [0.25, 0.3) is 0 Å². The van der Waals surface area contributed by atoms with E-state index in [1.807, 2.05) is 13.0 Å². The lowest BCUT2D eigenvalue weighted by atomic mass is 10.3. The maximum absolute atomic E-state index is 11.9. The van der Waals surface area contributed by atoms with Crippen LogP contribution in [0.3, 0.4) is 0 Å². The first kappa shape index (κ1) is 14.2. The van der Waals surface area contributed by atoms with Gasteiger partial charge in [0.15, 0.2) is 0 Å². The Hall–Kier alpha value is -2.24. The lowest BCUT2D eigenvalue weighted by Crippen LogP contribution is -2.36. The van der Waals surface area contributed by atoms with E-state index in [1.54, 1.807) is 25.4 Å². The Morgan fingerprint density at radius 2 is 2.30 bits per heavy atom. The molecular formula is C14H18N2O4. The third kappa shape index (κ3) is 3.88. The van der Waals surface area contributed by atoms with Crippen LogP contribution in [0.2, 0.25) is 0 Å². The largest absolute Gasteiger partial charge is 0.491 e. The molecule has 1 atom stereocenters. The highest BCUT2D eigenvalue weighted by atomic mass is 16.6. The Labute approximate surface area is 117 Å². The molecule has 1 aromatic rings. The molecule has 1 N–H and O–H groups in total. The highest BCUT2D eigenvalue weighted by Crippen LogP contribution is 2.13. The zero-order valence-corrected chi connectivity index (χ0v) is 11.6. The summed E-state index contributed by atoms with van der Waals surface area (Å²) in [6.45, 7) is 4.81. The number of hydrogen-bond donors (Lipinski definition) is 1. The second-order valence-electron chi connectivity index (χ2n) is 4.41. The number of pyridine rings is 1. The molecule has 0 fully saturated rings. The summed E-state index contributed by atoms with van der Waals surface area (Å²) in [4.78, 5) is 15.9. The van der Waals surface area contributed by atoms with Crippen LogP contribution in [0, 0.1) is 0 Å². The number of amides is 1. The average molecular weight is 278 g/mol. The maximum atomic E-state index is 11.9. The van der Waals surface area contributed by atoms with Gasteiger partial charge in [-0.05, 0) is 26.0 Å². The predicted octanol–water partition coefficient (Wildman–Crippen LogP) is 1.24. The highest BCUT2D eigenvalue weighted by molar-refractivity contribution is 5.91. The summed E-state index contributed by atoms with van der Waals surface area (Å²) < 4.78 is 16.2. The molecule has 2 heterocycles. The first-order chi connectivity index (χ1) is 9.66. The minimum atomic E-state index is -0.288. The number of carbonyl (C=O) groups excluding carboxylic acids is 1. The van der Waals surface area contributed by atoms with Crippen LogP contribution < -0.4 is 10.1 Å². The molecule has 0 bridgehead atoms. The first-order valence-electron chi connectivity index (χ1n) is 6.48. The lowest BCUT2D eigenvalue weighted by molar-refractivity contribution is -0.123. The first-order valence-corrected chi connectivity index (χ1v) is 6.48. The Bertz CT molecular complexity index is 487. The van der Waals surface area contributed by atoms with Gasteiger partial charge in [0.2, 0.25) is 5.76 Å². The zero-order chi connectivity index (χ0) is 14.4. The highest BCUT2D eigenvalue weighted by Gasteiger charge is 2.20. The van der Waals surface area contributed by atoms with Gasteiger partial charge in [0.25, 0.3) is 5.91 Å². The quantitative estimate of drug-likeness (QED) is 0.877. The topological polar surface area (TPSA) is 69.7 Å². The second kappa shape index (κ2) is 6.79. The Morgan fingerprint density at radius 3 is 3.00 bits per heavy atom. The van der Waals surface area contributed by atoms with Crippen LogP contribution >= 0.6 is 0 Å². The summed E-state index contributed by atoms with van der Waals surface area (Å²) in [6, 6.07) is 3.61. The summed E-state index contributed by atoms with van der Waals surface area (Å²) in [6.07, 6.45) is 3.13. The predicted molar refractivity (Wildman–Crippen MR) is 71.9 cm³/mol. The lowest BCUT2D eigenvalue weighted by Gasteiger charge is -2.20. The van der Waals surface area contributed by atoms with E-state index in [2.05, 4.69) is 10.3 Å². The van der Waals surface area contributed by atoms with E-state index >= 15 is 0 Å². The van der Waals surface area contributed by atoms with Gasteiger partial charge in [-0.2, -0.15) is 0 Å². The van der Waals surface area contributed by atoms with Gasteiger partial charge in [0, 0.05) is 6.20 Å². The summed E-state index contributed by atoms with van der Waals surface area (Å²) in [7, 11) is 0. The van der Waals surface area contributed by atoms with Gasteiger partial charge in [-0.15, -0.1) is 0 Å². The van der Waals surface area contributed by atoms with Gasteiger partial charge < -0.3 is 19.5 Å². The van der Waals surface area contributed by atoms with Crippen molar-refractivity contribution in [1.82, 2.24) is 10.3 Å². The van der Waals surface area contributed by atoms with E-state index in [0.29, 0.717) is 31.3 Å². The standard InChI is InChI=1S/C14H18N2O4/c1-10(20-12-4-3-5-15-9-12)8-16-14(17)13-11(2)18-6-7-19-13/h3-5,9-10H,6-8H2,1-2H3,(H,16,17). The van der Waals surface area contributed by atoms with Crippen molar-refractivity contribution in [3.8, 4) is 5.75 Å². The van der Waals surface area contributed by atoms with Gasteiger partial charge in [-0.3, -0.25) is 9.78 Å². The number of carbonyl (C=O) groups is 1. The molecule has 20 heavy (non-hydrogen) atoms. The second-order valence-corrected chi connectivity index (χ2v) is 4.41. The Morgan fingerprint density at radius 1 is 1.50 bits per heavy atom. The van der Waals surface area contributed by atoms with Gasteiger partial charge in [0.1, 0.15) is 30.8 Å². The average Bonchev–Trinajstić information content (AvgIpc) is 2.46. The molecule has 2 rings (SSSR count). The molecule has 0 spiro atoms. The van der Waals surface area contributed by atoms with Crippen molar-refractivity contribution >= 4 is 5.91 Å².